The fraction of sp³-hybridized carbons (Fsp3) is 0.435. The Bertz CT molecular complexity index is 1050. The van der Waals surface area contributed by atoms with Gasteiger partial charge in [0.1, 0.15) is 17.9 Å². The molecule has 4 rings (SSSR count). The van der Waals surface area contributed by atoms with E-state index in [2.05, 4.69) is 16.3 Å². The number of carbonyl (C=O) groups is 2. The summed E-state index contributed by atoms with van der Waals surface area (Å²) in [5, 5.41) is 18.0. The van der Waals surface area contributed by atoms with Gasteiger partial charge in [-0.3, -0.25) is 4.79 Å². The highest BCUT2D eigenvalue weighted by Gasteiger charge is 2.33. The van der Waals surface area contributed by atoms with E-state index in [-0.39, 0.29) is 18.2 Å². The van der Waals surface area contributed by atoms with Gasteiger partial charge in [-0.2, -0.15) is 5.26 Å². The van der Waals surface area contributed by atoms with Crippen LogP contribution in [0.3, 0.4) is 0 Å². The minimum Gasteiger partial charge on any atom is -0.452 e. The van der Waals surface area contributed by atoms with Crippen molar-refractivity contribution in [3.63, 3.8) is 0 Å². The van der Waals surface area contributed by atoms with Crippen LogP contribution in [0.2, 0.25) is 0 Å². The summed E-state index contributed by atoms with van der Waals surface area (Å²) < 4.78 is 11.8. The van der Waals surface area contributed by atoms with Gasteiger partial charge in [0.25, 0.3) is 5.91 Å². The molecule has 2 N–H and O–H groups in total. The van der Waals surface area contributed by atoms with Gasteiger partial charge in [-0.05, 0) is 30.9 Å². The van der Waals surface area contributed by atoms with E-state index in [0.29, 0.717) is 41.6 Å². The summed E-state index contributed by atoms with van der Waals surface area (Å²) in [6, 6.07) is 9.03. The van der Waals surface area contributed by atoms with Gasteiger partial charge in [0.2, 0.25) is 0 Å². The third kappa shape index (κ3) is 4.41. The molecule has 1 aliphatic heterocycles. The lowest BCUT2D eigenvalue weighted by molar-refractivity contribution is -0.118. The fourth-order valence-electron chi connectivity index (χ4n) is 4.39. The van der Waals surface area contributed by atoms with E-state index in [0.717, 1.165) is 38.4 Å². The molecule has 1 amide bonds. The molecule has 1 unspecified atom stereocenters. The largest absolute Gasteiger partial charge is 0.452 e. The topological polar surface area (TPSA) is 131 Å². The zero-order valence-electron chi connectivity index (χ0n) is 17.7. The fourth-order valence-corrected chi connectivity index (χ4v) is 4.39. The number of anilines is 1. The smallest absolute Gasteiger partial charge is 0.269 e. The van der Waals surface area contributed by atoms with Crippen molar-refractivity contribution in [2.45, 2.75) is 44.1 Å². The van der Waals surface area contributed by atoms with Crippen molar-refractivity contribution >= 4 is 18.0 Å². The van der Waals surface area contributed by atoms with Crippen LogP contribution in [0, 0.1) is 11.3 Å². The second-order valence-corrected chi connectivity index (χ2v) is 8.02. The molecule has 1 aromatic carbocycles. The highest BCUT2D eigenvalue weighted by molar-refractivity contribution is 5.93. The van der Waals surface area contributed by atoms with Crippen LogP contribution in [0.5, 0.6) is 11.5 Å². The molecule has 2 fully saturated rings. The van der Waals surface area contributed by atoms with Crippen LogP contribution in [0.15, 0.2) is 24.3 Å². The predicted octanol–water partition coefficient (Wildman–Crippen LogP) is 2.69. The number of ether oxygens (including phenoxy) is 2. The number of aromatic nitrogens is 2. The van der Waals surface area contributed by atoms with Gasteiger partial charge in [0.15, 0.2) is 23.5 Å². The van der Waals surface area contributed by atoms with Gasteiger partial charge in [0.05, 0.1) is 18.7 Å². The molecule has 0 spiro atoms. The maximum Gasteiger partial charge on any atom is 0.269 e. The number of nitrogens with two attached hydrogens (primary N) is 1. The second kappa shape index (κ2) is 9.75. The monoisotopic (exact) mass is 435 g/mol. The summed E-state index contributed by atoms with van der Waals surface area (Å²) in [6.07, 6.45) is 5.10. The predicted molar refractivity (Wildman–Crippen MR) is 116 cm³/mol. The summed E-state index contributed by atoms with van der Waals surface area (Å²) in [4.78, 5) is 25.5. The summed E-state index contributed by atoms with van der Waals surface area (Å²) >= 11 is 0. The Morgan fingerprint density at radius 1 is 1.25 bits per heavy atom. The van der Waals surface area contributed by atoms with Gasteiger partial charge in [0, 0.05) is 12.1 Å². The molecule has 32 heavy (non-hydrogen) atoms. The molecule has 9 heteroatoms. The van der Waals surface area contributed by atoms with Crippen LogP contribution in [0.1, 0.15) is 59.6 Å². The maximum absolute atomic E-state index is 12.3. The number of primary amides is 1. The number of para-hydroxylation sites is 1. The third-order valence-corrected chi connectivity index (χ3v) is 5.96. The van der Waals surface area contributed by atoms with Gasteiger partial charge < -0.3 is 24.9 Å². The summed E-state index contributed by atoms with van der Waals surface area (Å²) in [7, 11) is 0. The number of hydrogen-bond acceptors (Lipinski definition) is 8. The molecule has 2 heterocycles. The summed E-state index contributed by atoms with van der Waals surface area (Å²) in [5.41, 5.74) is 6.76. The highest BCUT2D eigenvalue weighted by Crippen LogP contribution is 2.44. The Labute approximate surface area is 186 Å². The maximum atomic E-state index is 12.3. The summed E-state index contributed by atoms with van der Waals surface area (Å²) in [5.74, 6) is 0.508. The van der Waals surface area contributed by atoms with Gasteiger partial charge in [-0.25, -0.2) is 0 Å². The van der Waals surface area contributed by atoms with E-state index >= 15 is 0 Å². The van der Waals surface area contributed by atoms with Crippen LogP contribution in [-0.2, 0) is 9.53 Å². The van der Waals surface area contributed by atoms with Crippen LogP contribution in [0.25, 0.3) is 0 Å². The minimum absolute atomic E-state index is 0.0349. The molecule has 1 saturated carbocycles. The molecule has 1 atom stereocenters. The average Bonchev–Trinajstić information content (AvgIpc) is 2.84. The first kappa shape index (κ1) is 21.7. The van der Waals surface area contributed by atoms with Gasteiger partial charge >= 0.3 is 0 Å². The van der Waals surface area contributed by atoms with Crippen LogP contribution in [-0.4, -0.2) is 48.2 Å². The third-order valence-electron chi connectivity index (χ3n) is 5.96. The molecule has 9 nitrogen and oxygen atoms in total. The number of nitrogens with zero attached hydrogens (tertiary/aromatic N) is 4. The molecule has 0 radical (unpaired) electrons. The Morgan fingerprint density at radius 3 is 2.75 bits per heavy atom. The van der Waals surface area contributed by atoms with Crippen molar-refractivity contribution in [1.82, 2.24) is 10.2 Å². The number of amides is 1. The van der Waals surface area contributed by atoms with E-state index in [9.17, 15) is 14.9 Å². The molecule has 1 saturated heterocycles. The Morgan fingerprint density at radius 2 is 2.03 bits per heavy atom. The molecule has 166 valence electrons. The number of hydrogen-bond donors (Lipinski definition) is 1. The van der Waals surface area contributed by atoms with E-state index in [4.69, 9.17) is 15.2 Å². The van der Waals surface area contributed by atoms with E-state index in [1.807, 2.05) is 4.90 Å². The van der Waals surface area contributed by atoms with Crippen molar-refractivity contribution in [2.24, 2.45) is 5.73 Å². The molecule has 2 aliphatic rings. The number of rotatable bonds is 6. The standard InChI is InChI=1S/C23H25N5O4/c24-12-16-8-4-5-9-18(16)32-21-19(15-6-2-1-3-7-15)20(22(25)30)26-27-23(21)28-10-11-31-17(13-28)14-29/h4-5,8-9,14-15,17H,1-3,6-7,10-11,13H2,(H2,25,30). The number of carbonyl (C=O) groups excluding carboxylic acids is 2. The first-order valence-electron chi connectivity index (χ1n) is 10.8. The second-order valence-electron chi connectivity index (χ2n) is 8.02. The zero-order chi connectivity index (χ0) is 22.5. The number of nitriles is 1. The van der Waals surface area contributed by atoms with E-state index in [1.54, 1.807) is 24.3 Å². The minimum atomic E-state index is -0.671. The molecular formula is C23H25N5O4. The zero-order valence-corrected chi connectivity index (χ0v) is 17.7. The van der Waals surface area contributed by atoms with Crippen LogP contribution < -0.4 is 15.4 Å². The van der Waals surface area contributed by atoms with Gasteiger partial charge in [-0.15, -0.1) is 10.2 Å². The Kier molecular flexibility index (Phi) is 6.61. The molecule has 1 aliphatic carbocycles. The van der Waals surface area contributed by atoms with Gasteiger partial charge in [-0.1, -0.05) is 31.4 Å². The highest BCUT2D eigenvalue weighted by atomic mass is 16.5. The van der Waals surface area contributed by atoms with Crippen molar-refractivity contribution in [3.05, 3.63) is 41.1 Å². The lowest BCUT2D eigenvalue weighted by atomic mass is 9.82. The van der Waals surface area contributed by atoms with Crippen molar-refractivity contribution in [3.8, 4) is 17.6 Å². The van der Waals surface area contributed by atoms with Crippen molar-refractivity contribution in [2.75, 3.05) is 24.6 Å². The molecule has 1 aromatic heterocycles. The van der Waals surface area contributed by atoms with E-state index < -0.39 is 12.0 Å². The van der Waals surface area contributed by atoms with E-state index in [1.165, 1.54) is 0 Å². The molecular weight excluding hydrogens is 410 g/mol. The van der Waals surface area contributed by atoms with Crippen molar-refractivity contribution in [1.29, 1.82) is 5.26 Å². The lowest BCUT2D eigenvalue weighted by Gasteiger charge is -2.33. The van der Waals surface area contributed by atoms with Crippen LogP contribution >= 0.6 is 0 Å². The molecule has 0 bridgehead atoms. The summed E-state index contributed by atoms with van der Waals surface area (Å²) in [6.45, 7) is 1.11. The molecule has 2 aromatic rings. The lowest BCUT2D eigenvalue weighted by Crippen LogP contribution is -2.44. The number of morpholine rings is 1. The SMILES string of the molecule is N#Cc1ccccc1Oc1c(N2CCOC(C=O)C2)nnc(C(N)=O)c1C1CCCCC1. The number of aldehydes is 1. The Balaban J connectivity index is 1.88. The van der Waals surface area contributed by atoms with Crippen molar-refractivity contribution < 1.29 is 19.1 Å². The first-order chi connectivity index (χ1) is 15.6. The normalized spacial score (nSPS) is 19.2. The average molecular weight is 435 g/mol. The van der Waals surface area contributed by atoms with Crippen LogP contribution in [0.4, 0.5) is 5.82 Å². The Hall–Kier alpha value is -3.51. The first-order valence-corrected chi connectivity index (χ1v) is 10.8. The quantitative estimate of drug-likeness (QED) is 0.685. The number of benzene rings is 1.